The molecule has 0 bridgehead atoms. The molecule has 2 amide bonds. The average Bonchev–Trinajstić information content (AvgIpc) is 2.73. The Morgan fingerprint density at radius 3 is 2.34 bits per heavy atom. The number of likely N-dealkylation sites (N-methyl/N-ethyl adjacent to an activating group) is 1. The second-order valence-electron chi connectivity index (χ2n) is 6.95. The molecule has 0 spiro atoms. The third-order valence-corrected chi connectivity index (χ3v) is 6.07. The van der Waals surface area contributed by atoms with Crippen LogP contribution in [0.5, 0.6) is 0 Å². The number of thioether (sulfide) groups is 1. The van der Waals surface area contributed by atoms with Crippen LogP contribution in [0.25, 0.3) is 0 Å². The first-order chi connectivity index (χ1) is 13.9. The van der Waals surface area contributed by atoms with Crippen molar-refractivity contribution < 1.29 is 9.59 Å². The van der Waals surface area contributed by atoms with E-state index in [2.05, 4.69) is 5.32 Å². The Morgan fingerprint density at radius 2 is 1.76 bits per heavy atom. The van der Waals surface area contributed by atoms with Gasteiger partial charge in [-0.05, 0) is 55.3 Å². The predicted octanol–water partition coefficient (Wildman–Crippen LogP) is 5.07. The van der Waals surface area contributed by atoms with Crippen LogP contribution in [-0.4, -0.2) is 35.6 Å². The van der Waals surface area contributed by atoms with Crippen molar-refractivity contribution in [2.75, 3.05) is 12.8 Å². The van der Waals surface area contributed by atoms with Gasteiger partial charge in [0.05, 0.1) is 0 Å². The van der Waals surface area contributed by atoms with Crippen molar-refractivity contribution in [2.45, 2.75) is 50.6 Å². The van der Waals surface area contributed by atoms with Gasteiger partial charge in [-0.1, -0.05) is 48.4 Å². The number of hydrogen-bond acceptors (Lipinski definition) is 3. The lowest BCUT2D eigenvalue weighted by molar-refractivity contribution is -0.141. The Kier molecular flexibility index (Phi) is 9.55. The predicted molar refractivity (Wildman–Crippen MR) is 121 cm³/mol. The number of carbonyl (C=O) groups is 2. The molecular weight excluding hydrogens is 404 g/mol. The molecule has 1 N–H and O–H groups in total. The van der Waals surface area contributed by atoms with E-state index in [1.807, 2.05) is 62.4 Å². The summed E-state index contributed by atoms with van der Waals surface area (Å²) in [5.74, 6) is 0.726. The fourth-order valence-corrected chi connectivity index (χ4v) is 4.04. The molecule has 29 heavy (non-hydrogen) atoms. The molecule has 0 fully saturated rings. The van der Waals surface area contributed by atoms with Crippen molar-refractivity contribution in [3.63, 3.8) is 0 Å². The van der Waals surface area contributed by atoms with Gasteiger partial charge >= 0.3 is 0 Å². The molecule has 4 nitrogen and oxygen atoms in total. The quantitative estimate of drug-likeness (QED) is 0.421. The first-order valence-electron chi connectivity index (χ1n) is 9.89. The van der Waals surface area contributed by atoms with E-state index >= 15 is 0 Å². The average molecular weight is 433 g/mol. The second-order valence-corrected chi connectivity index (χ2v) is 8.56. The highest BCUT2D eigenvalue weighted by Gasteiger charge is 2.27. The number of halogens is 1. The number of nitrogens with one attached hydrogen (secondary N) is 1. The molecule has 2 rings (SSSR count). The number of rotatable bonds is 10. The van der Waals surface area contributed by atoms with Gasteiger partial charge in [-0.25, -0.2) is 0 Å². The van der Waals surface area contributed by atoms with Crippen molar-refractivity contribution in [2.24, 2.45) is 0 Å². The lowest BCUT2D eigenvalue weighted by Gasteiger charge is -2.30. The number of hydrogen-bond donors (Lipinski definition) is 1. The zero-order chi connectivity index (χ0) is 21.2. The minimum atomic E-state index is -0.460. The van der Waals surface area contributed by atoms with Crippen molar-refractivity contribution in [3.8, 4) is 0 Å². The molecule has 1 atom stereocenters. The first-order valence-corrected chi connectivity index (χ1v) is 11.3. The molecule has 0 aliphatic heterocycles. The summed E-state index contributed by atoms with van der Waals surface area (Å²) in [6, 6.07) is 15.3. The largest absolute Gasteiger partial charge is 0.357 e. The van der Waals surface area contributed by atoms with Gasteiger partial charge in [-0.2, -0.15) is 0 Å². The SMILES string of the molecule is CC[C@H](C(=O)NC)N(Cc1ccc(C)cc1)C(=O)CCCSc1ccc(Cl)cc1. The van der Waals surface area contributed by atoms with E-state index in [0.717, 1.165) is 27.7 Å². The van der Waals surface area contributed by atoms with Crippen LogP contribution in [0.4, 0.5) is 0 Å². The van der Waals surface area contributed by atoms with E-state index in [1.165, 1.54) is 5.56 Å². The Bertz CT molecular complexity index is 794. The van der Waals surface area contributed by atoms with Crippen molar-refractivity contribution >= 4 is 35.2 Å². The smallest absolute Gasteiger partial charge is 0.242 e. The van der Waals surface area contributed by atoms with Crippen LogP contribution < -0.4 is 5.32 Å². The molecule has 0 aromatic heterocycles. The maximum absolute atomic E-state index is 13.0. The van der Waals surface area contributed by atoms with E-state index in [-0.39, 0.29) is 11.8 Å². The Balaban J connectivity index is 1.99. The van der Waals surface area contributed by atoms with Gasteiger partial charge < -0.3 is 10.2 Å². The van der Waals surface area contributed by atoms with Crippen LogP contribution in [0.3, 0.4) is 0 Å². The zero-order valence-corrected chi connectivity index (χ0v) is 18.9. The maximum atomic E-state index is 13.0. The topological polar surface area (TPSA) is 49.4 Å². The molecule has 0 aliphatic rings. The minimum absolute atomic E-state index is 0.0118. The van der Waals surface area contributed by atoms with E-state index < -0.39 is 6.04 Å². The number of benzene rings is 2. The highest BCUT2D eigenvalue weighted by Crippen LogP contribution is 2.22. The molecule has 2 aromatic carbocycles. The number of amides is 2. The van der Waals surface area contributed by atoms with Crippen LogP contribution >= 0.6 is 23.4 Å². The fraction of sp³-hybridized carbons (Fsp3) is 0.391. The van der Waals surface area contributed by atoms with E-state index in [4.69, 9.17) is 11.6 Å². The fourth-order valence-electron chi connectivity index (χ4n) is 3.06. The molecule has 0 aliphatic carbocycles. The van der Waals surface area contributed by atoms with Gasteiger partial charge in [-0.3, -0.25) is 9.59 Å². The summed E-state index contributed by atoms with van der Waals surface area (Å²) in [4.78, 5) is 28.2. The zero-order valence-electron chi connectivity index (χ0n) is 17.3. The molecule has 0 saturated heterocycles. The molecule has 6 heteroatoms. The standard InChI is InChI=1S/C23H29ClN2O2S/c1-4-21(23(28)25-3)26(16-18-9-7-17(2)8-10-18)22(27)6-5-15-29-20-13-11-19(24)12-14-20/h7-14,21H,4-6,15-16H2,1-3H3,(H,25,28)/t21-/m1/s1. The summed E-state index contributed by atoms with van der Waals surface area (Å²) in [5, 5.41) is 3.41. The molecule has 0 heterocycles. The second kappa shape index (κ2) is 11.9. The summed E-state index contributed by atoms with van der Waals surface area (Å²) in [6.45, 7) is 4.41. The number of nitrogens with zero attached hydrogens (tertiary/aromatic N) is 1. The van der Waals surface area contributed by atoms with E-state index in [0.29, 0.717) is 19.4 Å². The Morgan fingerprint density at radius 1 is 1.10 bits per heavy atom. The summed E-state index contributed by atoms with van der Waals surface area (Å²) in [7, 11) is 1.61. The van der Waals surface area contributed by atoms with Gasteiger partial charge in [-0.15, -0.1) is 11.8 Å². The highest BCUT2D eigenvalue weighted by atomic mass is 35.5. The van der Waals surface area contributed by atoms with Gasteiger partial charge in [0.2, 0.25) is 11.8 Å². The lowest BCUT2D eigenvalue weighted by Crippen LogP contribution is -2.48. The highest BCUT2D eigenvalue weighted by molar-refractivity contribution is 7.99. The molecule has 0 radical (unpaired) electrons. The molecule has 2 aromatic rings. The maximum Gasteiger partial charge on any atom is 0.242 e. The molecule has 0 saturated carbocycles. The molecular formula is C23H29ClN2O2S. The lowest BCUT2D eigenvalue weighted by atomic mass is 10.1. The third kappa shape index (κ3) is 7.41. The summed E-state index contributed by atoms with van der Waals surface area (Å²) >= 11 is 7.62. The van der Waals surface area contributed by atoms with Gasteiger partial charge in [0.15, 0.2) is 0 Å². The van der Waals surface area contributed by atoms with E-state index in [1.54, 1.807) is 23.7 Å². The van der Waals surface area contributed by atoms with Gasteiger partial charge in [0, 0.05) is 29.9 Å². The van der Waals surface area contributed by atoms with E-state index in [9.17, 15) is 9.59 Å². The van der Waals surface area contributed by atoms with Gasteiger partial charge in [0.1, 0.15) is 6.04 Å². The molecule has 0 unspecified atom stereocenters. The van der Waals surface area contributed by atoms with Crippen LogP contribution in [0.2, 0.25) is 5.02 Å². The van der Waals surface area contributed by atoms with Crippen LogP contribution in [0, 0.1) is 6.92 Å². The molecule has 156 valence electrons. The summed E-state index contributed by atoms with van der Waals surface area (Å²) in [5.41, 5.74) is 2.20. The minimum Gasteiger partial charge on any atom is -0.357 e. The monoisotopic (exact) mass is 432 g/mol. The van der Waals surface area contributed by atoms with Crippen molar-refractivity contribution in [1.82, 2.24) is 10.2 Å². The Hall–Kier alpha value is -1.98. The normalized spacial score (nSPS) is 11.7. The van der Waals surface area contributed by atoms with Crippen LogP contribution in [-0.2, 0) is 16.1 Å². The van der Waals surface area contributed by atoms with Crippen molar-refractivity contribution in [3.05, 3.63) is 64.7 Å². The van der Waals surface area contributed by atoms with Crippen LogP contribution in [0.15, 0.2) is 53.4 Å². The van der Waals surface area contributed by atoms with Gasteiger partial charge in [0.25, 0.3) is 0 Å². The van der Waals surface area contributed by atoms with Crippen LogP contribution in [0.1, 0.15) is 37.3 Å². The number of aryl methyl sites for hydroxylation is 1. The third-order valence-electron chi connectivity index (χ3n) is 4.72. The first kappa shape index (κ1) is 23.3. The van der Waals surface area contributed by atoms with Crippen molar-refractivity contribution in [1.29, 1.82) is 0 Å². The number of carbonyl (C=O) groups excluding carboxylic acids is 2. The summed E-state index contributed by atoms with van der Waals surface area (Å²) < 4.78 is 0. The summed E-state index contributed by atoms with van der Waals surface area (Å²) in [6.07, 6.45) is 1.75. The Labute approximate surface area is 183 Å².